The van der Waals surface area contributed by atoms with E-state index in [-0.39, 0.29) is 17.3 Å². The number of carbonyl (C=O) groups is 1. The lowest BCUT2D eigenvalue weighted by Crippen LogP contribution is -2.07. The van der Waals surface area contributed by atoms with Gasteiger partial charge in [0, 0.05) is 5.92 Å². The molecule has 0 radical (unpaired) electrons. The summed E-state index contributed by atoms with van der Waals surface area (Å²) in [6, 6.07) is 2.46. The minimum absolute atomic E-state index is 0.0234. The zero-order valence-corrected chi connectivity index (χ0v) is 7.98. The van der Waals surface area contributed by atoms with Crippen molar-refractivity contribution in [1.29, 1.82) is 0 Å². The number of phenolic OH excluding ortho intramolecular Hbond substituents is 3. The Labute approximate surface area is 81.4 Å². The quantitative estimate of drug-likeness (QED) is 0.496. The van der Waals surface area contributed by atoms with Crippen LogP contribution in [0.25, 0.3) is 0 Å². The van der Waals surface area contributed by atoms with Crippen LogP contribution in [0.5, 0.6) is 17.2 Å². The van der Waals surface area contributed by atoms with E-state index in [9.17, 15) is 9.90 Å². The highest BCUT2D eigenvalue weighted by atomic mass is 16.3. The molecule has 0 amide bonds. The third-order valence-corrected chi connectivity index (χ3v) is 1.92. The molecular weight excluding hydrogens is 184 g/mol. The van der Waals surface area contributed by atoms with E-state index in [1.807, 2.05) is 0 Å². The van der Waals surface area contributed by atoms with E-state index in [2.05, 4.69) is 0 Å². The van der Waals surface area contributed by atoms with Crippen LogP contribution in [-0.2, 0) is 0 Å². The molecule has 0 aliphatic heterocycles. The maximum absolute atomic E-state index is 11.5. The van der Waals surface area contributed by atoms with Gasteiger partial charge in [-0.15, -0.1) is 0 Å². The summed E-state index contributed by atoms with van der Waals surface area (Å²) >= 11 is 0. The second-order valence-electron chi connectivity index (χ2n) is 3.35. The summed E-state index contributed by atoms with van der Waals surface area (Å²) in [5.41, 5.74) is 0.0234. The molecule has 4 heteroatoms. The molecule has 0 atom stereocenters. The third-order valence-electron chi connectivity index (χ3n) is 1.92. The molecule has 0 fully saturated rings. The van der Waals surface area contributed by atoms with Crippen molar-refractivity contribution >= 4 is 5.78 Å². The van der Waals surface area contributed by atoms with Crippen molar-refractivity contribution in [1.82, 2.24) is 0 Å². The summed E-state index contributed by atoms with van der Waals surface area (Å²) in [5.74, 6) is -2.22. The van der Waals surface area contributed by atoms with Crippen molar-refractivity contribution in [3.8, 4) is 17.2 Å². The van der Waals surface area contributed by atoms with Crippen molar-refractivity contribution < 1.29 is 20.1 Å². The van der Waals surface area contributed by atoms with Crippen molar-refractivity contribution in [2.24, 2.45) is 5.92 Å². The topological polar surface area (TPSA) is 77.8 Å². The number of benzene rings is 1. The van der Waals surface area contributed by atoms with Gasteiger partial charge in [-0.3, -0.25) is 4.79 Å². The zero-order chi connectivity index (χ0) is 10.9. The average Bonchev–Trinajstić information content (AvgIpc) is 2.13. The van der Waals surface area contributed by atoms with Crippen molar-refractivity contribution in [3.05, 3.63) is 17.7 Å². The van der Waals surface area contributed by atoms with E-state index in [4.69, 9.17) is 10.2 Å². The second-order valence-corrected chi connectivity index (χ2v) is 3.35. The monoisotopic (exact) mass is 196 g/mol. The standard InChI is InChI=1S/C10H12O4/c1-5(2)8(12)6-3-4-7(11)10(14)9(6)13/h3-5,11,13-14H,1-2H3. The molecule has 4 nitrogen and oxygen atoms in total. The van der Waals surface area contributed by atoms with Gasteiger partial charge in [0.25, 0.3) is 0 Å². The van der Waals surface area contributed by atoms with Gasteiger partial charge in [0.1, 0.15) is 0 Å². The van der Waals surface area contributed by atoms with Gasteiger partial charge in [-0.1, -0.05) is 13.8 Å². The van der Waals surface area contributed by atoms with E-state index < -0.39 is 17.2 Å². The van der Waals surface area contributed by atoms with Crippen LogP contribution in [0, 0.1) is 5.92 Å². The number of carbonyl (C=O) groups excluding carboxylic acids is 1. The molecule has 0 heterocycles. The molecule has 0 saturated heterocycles. The lowest BCUT2D eigenvalue weighted by atomic mass is 10.00. The molecule has 0 unspecified atom stereocenters. The number of aromatic hydroxyl groups is 3. The second kappa shape index (κ2) is 3.57. The molecule has 1 aromatic rings. The molecule has 1 aromatic carbocycles. The van der Waals surface area contributed by atoms with Crippen LogP contribution in [0.15, 0.2) is 12.1 Å². The number of Topliss-reactive ketones (excluding diaryl/α,β-unsaturated/α-hetero) is 1. The summed E-state index contributed by atoms with van der Waals surface area (Å²) in [7, 11) is 0. The Hall–Kier alpha value is -1.71. The lowest BCUT2D eigenvalue weighted by Gasteiger charge is -2.08. The average molecular weight is 196 g/mol. The first kappa shape index (κ1) is 10.4. The molecule has 3 N–H and O–H groups in total. The number of hydrogen-bond acceptors (Lipinski definition) is 4. The molecule has 0 spiro atoms. The van der Waals surface area contributed by atoms with E-state index in [1.165, 1.54) is 12.1 Å². The lowest BCUT2D eigenvalue weighted by molar-refractivity contribution is 0.0936. The Morgan fingerprint density at radius 1 is 1.14 bits per heavy atom. The van der Waals surface area contributed by atoms with Gasteiger partial charge in [0.2, 0.25) is 5.75 Å². The predicted octanol–water partition coefficient (Wildman–Crippen LogP) is 1.64. The van der Waals surface area contributed by atoms with Gasteiger partial charge in [-0.05, 0) is 12.1 Å². The molecule has 1 rings (SSSR count). The van der Waals surface area contributed by atoms with Gasteiger partial charge in [0.15, 0.2) is 17.3 Å². The van der Waals surface area contributed by atoms with Gasteiger partial charge in [0.05, 0.1) is 5.56 Å². The highest BCUT2D eigenvalue weighted by Crippen LogP contribution is 2.37. The van der Waals surface area contributed by atoms with Crippen LogP contribution in [0.1, 0.15) is 24.2 Å². The normalized spacial score (nSPS) is 10.5. The fourth-order valence-corrected chi connectivity index (χ4v) is 1.08. The fraction of sp³-hybridized carbons (Fsp3) is 0.300. The van der Waals surface area contributed by atoms with E-state index in [0.29, 0.717) is 0 Å². The predicted molar refractivity (Wildman–Crippen MR) is 50.6 cm³/mol. The van der Waals surface area contributed by atoms with E-state index in [0.717, 1.165) is 0 Å². The number of rotatable bonds is 2. The molecule has 14 heavy (non-hydrogen) atoms. The molecule has 0 aliphatic carbocycles. The smallest absolute Gasteiger partial charge is 0.201 e. The van der Waals surface area contributed by atoms with Gasteiger partial charge < -0.3 is 15.3 Å². The fourth-order valence-electron chi connectivity index (χ4n) is 1.08. The highest BCUT2D eigenvalue weighted by Gasteiger charge is 2.18. The summed E-state index contributed by atoms with van der Waals surface area (Å²) in [6.07, 6.45) is 0. The Kier molecular flexibility index (Phi) is 2.65. The molecule has 0 saturated carbocycles. The summed E-state index contributed by atoms with van der Waals surface area (Å²) in [5, 5.41) is 27.6. The van der Waals surface area contributed by atoms with Crippen molar-refractivity contribution in [2.45, 2.75) is 13.8 Å². The first-order valence-corrected chi connectivity index (χ1v) is 4.23. The summed E-state index contributed by atoms with van der Waals surface area (Å²) in [6.45, 7) is 3.37. The van der Waals surface area contributed by atoms with Crippen LogP contribution < -0.4 is 0 Å². The maximum atomic E-state index is 11.5. The molecular formula is C10H12O4. The largest absolute Gasteiger partial charge is 0.504 e. The minimum atomic E-state index is -0.656. The van der Waals surface area contributed by atoms with Crippen molar-refractivity contribution in [2.75, 3.05) is 0 Å². The number of hydrogen-bond donors (Lipinski definition) is 3. The third kappa shape index (κ3) is 1.64. The van der Waals surface area contributed by atoms with E-state index in [1.54, 1.807) is 13.8 Å². The van der Waals surface area contributed by atoms with E-state index >= 15 is 0 Å². The van der Waals surface area contributed by atoms with Crippen LogP contribution in [0.2, 0.25) is 0 Å². The first-order chi connectivity index (χ1) is 6.45. The van der Waals surface area contributed by atoms with Gasteiger partial charge >= 0.3 is 0 Å². The first-order valence-electron chi connectivity index (χ1n) is 4.23. The van der Waals surface area contributed by atoms with Crippen LogP contribution in [0.4, 0.5) is 0 Å². The Bertz CT molecular complexity index is 369. The van der Waals surface area contributed by atoms with Crippen LogP contribution in [0.3, 0.4) is 0 Å². The summed E-state index contributed by atoms with van der Waals surface area (Å²) in [4.78, 5) is 11.5. The Morgan fingerprint density at radius 3 is 2.21 bits per heavy atom. The molecule has 76 valence electrons. The molecule has 0 bridgehead atoms. The van der Waals surface area contributed by atoms with Gasteiger partial charge in [-0.2, -0.15) is 0 Å². The van der Waals surface area contributed by atoms with Gasteiger partial charge in [-0.25, -0.2) is 0 Å². The maximum Gasteiger partial charge on any atom is 0.201 e. The Balaban J connectivity index is 3.24. The molecule has 0 aliphatic rings. The summed E-state index contributed by atoms with van der Waals surface area (Å²) < 4.78 is 0. The van der Waals surface area contributed by atoms with Crippen LogP contribution in [-0.4, -0.2) is 21.1 Å². The molecule has 0 aromatic heterocycles. The SMILES string of the molecule is CC(C)C(=O)c1ccc(O)c(O)c1O. The Morgan fingerprint density at radius 2 is 1.71 bits per heavy atom. The van der Waals surface area contributed by atoms with Crippen molar-refractivity contribution in [3.63, 3.8) is 0 Å². The zero-order valence-electron chi connectivity index (χ0n) is 7.98. The van der Waals surface area contributed by atoms with Crippen LogP contribution >= 0.6 is 0 Å². The number of ketones is 1. The highest BCUT2D eigenvalue weighted by molar-refractivity contribution is 6.00. The minimum Gasteiger partial charge on any atom is -0.504 e. The number of phenols is 3.